The van der Waals surface area contributed by atoms with E-state index >= 15 is 0 Å². The zero-order valence-electron chi connectivity index (χ0n) is 10.6. The van der Waals surface area contributed by atoms with Crippen molar-refractivity contribution in [3.8, 4) is 5.75 Å². The van der Waals surface area contributed by atoms with Gasteiger partial charge in [-0.1, -0.05) is 29.8 Å². The van der Waals surface area contributed by atoms with Crippen molar-refractivity contribution in [2.75, 3.05) is 11.1 Å². The third-order valence-electron chi connectivity index (χ3n) is 3.19. The van der Waals surface area contributed by atoms with Crippen molar-refractivity contribution in [3.63, 3.8) is 0 Å². The Morgan fingerprint density at radius 2 is 2.10 bits per heavy atom. The number of fused-ring (bicyclic) bond motifs is 1. The highest BCUT2D eigenvalue weighted by Crippen LogP contribution is 2.30. The van der Waals surface area contributed by atoms with Gasteiger partial charge in [0.25, 0.3) is 5.91 Å². The van der Waals surface area contributed by atoms with Crippen LogP contribution in [0.25, 0.3) is 0 Å². The van der Waals surface area contributed by atoms with Crippen molar-refractivity contribution in [1.29, 1.82) is 0 Å². The topological polar surface area (TPSA) is 64.3 Å². The lowest BCUT2D eigenvalue weighted by atomic mass is 10.1. The highest BCUT2D eigenvalue weighted by molar-refractivity contribution is 6.34. The smallest absolute Gasteiger partial charge is 0.265 e. The van der Waals surface area contributed by atoms with E-state index in [1.165, 1.54) is 0 Å². The second-order valence-corrected chi connectivity index (χ2v) is 5.05. The van der Waals surface area contributed by atoms with E-state index in [9.17, 15) is 4.79 Å². The first-order chi connectivity index (χ1) is 9.63. The van der Waals surface area contributed by atoms with Gasteiger partial charge in [-0.15, -0.1) is 0 Å². The van der Waals surface area contributed by atoms with Crippen molar-refractivity contribution in [1.82, 2.24) is 0 Å². The zero-order chi connectivity index (χ0) is 14.1. The van der Waals surface area contributed by atoms with E-state index in [4.69, 9.17) is 22.1 Å². The molecule has 102 valence electrons. The van der Waals surface area contributed by atoms with Crippen molar-refractivity contribution in [2.24, 2.45) is 0 Å². The Morgan fingerprint density at radius 1 is 1.30 bits per heavy atom. The van der Waals surface area contributed by atoms with Crippen LogP contribution in [-0.4, -0.2) is 12.0 Å². The summed E-state index contributed by atoms with van der Waals surface area (Å²) in [5.74, 6) is 0.545. The molecule has 1 amide bonds. The molecule has 0 aliphatic carbocycles. The summed E-state index contributed by atoms with van der Waals surface area (Å²) in [5, 5.41) is 3.17. The lowest BCUT2D eigenvalue weighted by Crippen LogP contribution is -2.31. The molecule has 5 heteroatoms. The number of nitrogens with two attached hydrogens (primary N) is 1. The Labute approximate surface area is 121 Å². The number of carbonyl (C=O) groups is 1. The molecule has 3 N–H and O–H groups in total. The molecule has 3 rings (SSSR count). The molecule has 20 heavy (non-hydrogen) atoms. The fourth-order valence-electron chi connectivity index (χ4n) is 2.17. The standard InChI is InChI=1S/C15H13ClN2O2/c16-11-8-10(17)5-6-12(11)18-15(19)14-7-9-3-1-2-4-13(9)20-14/h1-6,8,14H,7,17H2,(H,18,19). The Hall–Kier alpha value is -2.20. The molecule has 1 unspecified atom stereocenters. The van der Waals surface area contributed by atoms with Gasteiger partial charge in [-0.3, -0.25) is 4.79 Å². The van der Waals surface area contributed by atoms with E-state index in [0.29, 0.717) is 22.8 Å². The summed E-state index contributed by atoms with van der Waals surface area (Å²) in [7, 11) is 0. The number of anilines is 2. The minimum Gasteiger partial charge on any atom is -0.480 e. The largest absolute Gasteiger partial charge is 0.480 e. The molecule has 2 aromatic rings. The average Bonchev–Trinajstić information content (AvgIpc) is 2.86. The number of nitrogen functional groups attached to an aromatic ring is 1. The Morgan fingerprint density at radius 3 is 2.85 bits per heavy atom. The van der Waals surface area contributed by atoms with Crippen LogP contribution in [0.4, 0.5) is 11.4 Å². The van der Waals surface area contributed by atoms with Gasteiger partial charge in [0.1, 0.15) is 5.75 Å². The van der Waals surface area contributed by atoms with Crippen LogP contribution < -0.4 is 15.8 Å². The van der Waals surface area contributed by atoms with Gasteiger partial charge in [-0.25, -0.2) is 0 Å². The maximum Gasteiger partial charge on any atom is 0.265 e. The van der Waals surface area contributed by atoms with Gasteiger partial charge in [0.15, 0.2) is 6.10 Å². The van der Waals surface area contributed by atoms with E-state index in [0.717, 1.165) is 11.3 Å². The van der Waals surface area contributed by atoms with E-state index in [1.54, 1.807) is 18.2 Å². The van der Waals surface area contributed by atoms with Crippen LogP contribution >= 0.6 is 11.6 Å². The molecule has 0 aromatic heterocycles. The van der Waals surface area contributed by atoms with Crippen LogP contribution in [-0.2, 0) is 11.2 Å². The summed E-state index contributed by atoms with van der Waals surface area (Å²) in [6, 6.07) is 12.6. The maximum absolute atomic E-state index is 12.2. The summed E-state index contributed by atoms with van der Waals surface area (Å²) < 4.78 is 5.62. The first kappa shape index (κ1) is 12.8. The van der Waals surface area contributed by atoms with Crippen LogP contribution in [0.3, 0.4) is 0 Å². The van der Waals surface area contributed by atoms with Crippen LogP contribution in [0.5, 0.6) is 5.75 Å². The van der Waals surface area contributed by atoms with Gasteiger partial charge in [-0.05, 0) is 29.8 Å². The number of benzene rings is 2. The summed E-state index contributed by atoms with van der Waals surface area (Å²) in [4.78, 5) is 12.2. The molecule has 0 spiro atoms. The van der Waals surface area contributed by atoms with Crippen molar-refractivity contribution >= 4 is 28.9 Å². The van der Waals surface area contributed by atoms with Gasteiger partial charge in [0, 0.05) is 12.1 Å². The molecule has 0 radical (unpaired) electrons. The monoisotopic (exact) mass is 288 g/mol. The summed E-state index contributed by atoms with van der Waals surface area (Å²) in [6.45, 7) is 0. The highest BCUT2D eigenvalue weighted by atomic mass is 35.5. The first-order valence-corrected chi connectivity index (χ1v) is 6.62. The van der Waals surface area contributed by atoms with Gasteiger partial charge in [0.2, 0.25) is 0 Å². The quantitative estimate of drug-likeness (QED) is 0.835. The molecule has 0 saturated heterocycles. The molecule has 0 bridgehead atoms. The van der Waals surface area contributed by atoms with Crippen LogP contribution in [0, 0.1) is 0 Å². The third kappa shape index (κ3) is 2.42. The summed E-state index contributed by atoms with van der Waals surface area (Å²) in [5.41, 5.74) is 7.74. The molecule has 1 aliphatic heterocycles. The Bertz CT molecular complexity index is 648. The average molecular weight is 289 g/mol. The summed E-state index contributed by atoms with van der Waals surface area (Å²) in [6.07, 6.45) is 0.0373. The maximum atomic E-state index is 12.2. The molecule has 0 saturated carbocycles. The van der Waals surface area contributed by atoms with E-state index in [-0.39, 0.29) is 5.91 Å². The van der Waals surface area contributed by atoms with Gasteiger partial charge < -0.3 is 15.8 Å². The number of para-hydroxylation sites is 1. The number of hydrogen-bond donors (Lipinski definition) is 2. The zero-order valence-corrected chi connectivity index (χ0v) is 11.4. The lowest BCUT2D eigenvalue weighted by molar-refractivity contribution is -0.122. The molecule has 1 heterocycles. The Kier molecular flexibility index (Phi) is 3.24. The fourth-order valence-corrected chi connectivity index (χ4v) is 2.41. The predicted octanol–water partition coefficient (Wildman–Crippen LogP) is 2.86. The number of hydrogen-bond acceptors (Lipinski definition) is 3. The molecule has 4 nitrogen and oxygen atoms in total. The molecular weight excluding hydrogens is 276 g/mol. The molecule has 2 aromatic carbocycles. The highest BCUT2D eigenvalue weighted by Gasteiger charge is 2.29. The fraction of sp³-hybridized carbons (Fsp3) is 0.133. The second-order valence-electron chi connectivity index (χ2n) is 4.65. The van der Waals surface area contributed by atoms with E-state index in [2.05, 4.69) is 5.32 Å². The number of halogens is 1. The number of nitrogens with one attached hydrogen (secondary N) is 1. The van der Waals surface area contributed by atoms with Crippen molar-refractivity contribution in [2.45, 2.75) is 12.5 Å². The minimum atomic E-state index is -0.527. The van der Waals surface area contributed by atoms with Crippen LogP contribution in [0.2, 0.25) is 5.02 Å². The van der Waals surface area contributed by atoms with Crippen molar-refractivity contribution in [3.05, 3.63) is 53.1 Å². The van der Waals surface area contributed by atoms with Gasteiger partial charge >= 0.3 is 0 Å². The summed E-state index contributed by atoms with van der Waals surface area (Å²) >= 11 is 6.03. The molecule has 0 fully saturated rings. The predicted molar refractivity (Wildman–Crippen MR) is 79.1 cm³/mol. The van der Waals surface area contributed by atoms with Gasteiger partial charge in [-0.2, -0.15) is 0 Å². The lowest BCUT2D eigenvalue weighted by Gasteiger charge is -2.12. The SMILES string of the molecule is Nc1ccc(NC(=O)C2Cc3ccccc3O2)c(Cl)c1. The molecule has 1 aliphatic rings. The van der Waals surface area contributed by atoms with E-state index in [1.807, 2.05) is 24.3 Å². The normalized spacial score (nSPS) is 16.4. The molecular formula is C15H13ClN2O2. The first-order valence-electron chi connectivity index (χ1n) is 6.24. The number of rotatable bonds is 2. The van der Waals surface area contributed by atoms with Gasteiger partial charge in [0.05, 0.1) is 10.7 Å². The van der Waals surface area contributed by atoms with Crippen LogP contribution in [0.15, 0.2) is 42.5 Å². The van der Waals surface area contributed by atoms with E-state index < -0.39 is 6.10 Å². The molecule has 1 atom stereocenters. The number of amides is 1. The Balaban J connectivity index is 1.72. The third-order valence-corrected chi connectivity index (χ3v) is 3.50. The van der Waals surface area contributed by atoms with Crippen molar-refractivity contribution < 1.29 is 9.53 Å². The minimum absolute atomic E-state index is 0.215. The number of ether oxygens (including phenoxy) is 1. The second kappa shape index (κ2) is 5.06. The number of carbonyl (C=O) groups excluding carboxylic acids is 1. The van der Waals surface area contributed by atoms with Crippen LogP contribution in [0.1, 0.15) is 5.56 Å².